The molecule has 1 saturated heterocycles. The molecule has 2 atom stereocenters. The number of nitrogens with one attached hydrogen (secondary N) is 1. The first kappa shape index (κ1) is 16.8. The number of hydrogen-bond donors (Lipinski definition) is 1. The first-order valence-electron chi connectivity index (χ1n) is 8.72. The maximum Gasteiger partial charge on any atom is 0.320 e. The van der Waals surface area contributed by atoms with Crippen LogP contribution in [0.15, 0.2) is 0 Å². The van der Waals surface area contributed by atoms with Gasteiger partial charge in [0.15, 0.2) is 0 Å². The van der Waals surface area contributed by atoms with Gasteiger partial charge in [-0.2, -0.15) is 0 Å². The molecule has 2 fully saturated rings. The summed E-state index contributed by atoms with van der Waals surface area (Å²) >= 11 is 0. The van der Waals surface area contributed by atoms with Gasteiger partial charge in [0.2, 0.25) is 0 Å². The zero-order chi connectivity index (χ0) is 15.2. The SMILES string of the molecule is CCOC(=O)CN1CC(NC2CCCC2)CC(C(C)C)C1. The van der Waals surface area contributed by atoms with Gasteiger partial charge in [-0.25, -0.2) is 0 Å². The molecule has 0 spiro atoms. The van der Waals surface area contributed by atoms with Crippen molar-refractivity contribution >= 4 is 5.97 Å². The fourth-order valence-corrected chi connectivity index (χ4v) is 3.78. The topological polar surface area (TPSA) is 41.6 Å². The van der Waals surface area contributed by atoms with Crippen molar-refractivity contribution in [3.63, 3.8) is 0 Å². The Morgan fingerprint density at radius 2 is 1.95 bits per heavy atom. The Morgan fingerprint density at radius 3 is 2.57 bits per heavy atom. The quantitative estimate of drug-likeness (QED) is 0.764. The fourth-order valence-electron chi connectivity index (χ4n) is 3.78. The van der Waals surface area contributed by atoms with E-state index in [0.29, 0.717) is 37.1 Å². The normalized spacial score (nSPS) is 28.2. The molecule has 2 rings (SSSR count). The second kappa shape index (κ2) is 8.14. The minimum Gasteiger partial charge on any atom is -0.465 e. The van der Waals surface area contributed by atoms with Gasteiger partial charge in [-0.1, -0.05) is 26.7 Å². The Balaban J connectivity index is 1.89. The fraction of sp³-hybridized carbons (Fsp3) is 0.941. The van der Waals surface area contributed by atoms with Gasteiger partial charge in [-0.05, 0) is 38.0 Å². The van der Waals surface area contributed by atoms with E-state index < -0.39 is 0 Å². The van der Waals surface area contributed by atoms with E-state index in [1.807, 2.05) is 6.92 Å². The molecule has 0 amide bonds. The molecule has 1 heterocycles. The van der Waals surface area contributed by atoms with Crippen LogP contribution in [0.3, 0.4) is 0 Å². The van der Waals surface area contributed by atoms with E-state index >= 15 is 0 Å². The second-order valence-corrected chi connectivity index (χ2v) is 7.08. The average Bonchev–Trinajstić information content (AvgIpc) is 2.91. The molecule has 1 saturated carbocycles. The van der Waals surface area contributed by atoms with Crippen molar-refractivity contribution in [2.75, 3.05) is 26.2 Å². The van der Waals surface area contributed by atoms with E-state index in [1.165, 1.54) is 32.1 Å². The minimum absolute atomic E-state index is 0.0819. The van der Waals surface area contributed by atoms with Gasteiger partial charge >= 0.3 is 5.97 Å². The van der Waals surface area contributed by atoms with Gasteiger partial charge in [0.25, 0.3) is 0 Å². The highest BCUT2D eigenvalue weighted by Crippen LogP contribution is 2.26. The van der Waals surface area contributed by atoms with Crippen molar-refractivity contribution in [3.05, 3.63) is 0 Å². The maximum absolute atomic E-state index is 11.8. The number of piperidine rings is 1. The van der Waals surface area contributed by atoms with Crippen LogP contribution in [-0.2, 0) is 9.53 Å². The first-order chi connectivity index (χ1) is 10.1. The average molecular weight is 296 g/mol. The van der Waals surface area contributed by atoms with Gasteiger partial charge in [-0.3, -0.25) is 9.69 Å². The molecule has 1 aliphatic carbocycles. The van der Waals surface area contributed by atoms with Crippen molar-refractivity contribution < 1.29 is 9.53 Å². The van der Waals surface area contributed by atoms with Crippen LogP contribution in [0.2, 0.25) is 0 Å². The molecule has 4 nitrogen and oxygen atoms in total. The lowest BCUT2D eigenvalue weighted by molar-refractivity contribution is -0.145. The molecule has 0 radical (unpaired) electrons. The number of likely N-dealkylation sites (tertiary alicyclic amines) is 1. The van der Waals surface area contributed by atoms with E-state index in [-0.39, 0.29) is 5.97 Å². The monoisotopic (exact) mass is 296 g/mol. The van der Waals surface area contributed by atoms with Crippen molar-refractivity contribution in [1.82, 2.24) is 10.2 Å². The summed E-state index contributed by atoms with van der Waals surface area (Å²) in [4.78, 5) is 14.0. The predicted molar refractivity (Wildman–Crippen MR) is 85.2 cm³/mol. The Labute approximate surface area is 129 Å². The van der Waals surface area contributed by atoms with Crippen LogP contribution in [0.4, 0.5) is 0 Å². The van der Waals surface area contributed by atoms with Crippen LogP contribution < -0.4 is 5.32 Å². The number of nitrogens with zero attached hydrogens (tertiary/aromatic N) is 1. The summed E-state index contributed by atoms with van der Waals surface area (Å²) in [5, 5.41) is 3.84. The minimum atomic E-state index is -0.0819. The molecule has 0 bridgehead atoms. The van der Waals surface area contributed by atoms with Gasteiger partial charge in [0, 0.05) is 25.2 Å². The van der Waals surface area contributed by atoms with Crippen molar-refractivity contribution in [1.29, 1.82) is 0 Å². The third-order valence-corrected chi connectivity index (χ3v) is 4.99. The maximum atomic E-state index is 11.8. The van der Waals surface area contributed by atoms with Crippen molar-refractivity contribution in [3.8, 4) is 0 Å². The summed E-state index contributed by atoms with van der Waals surface area (Å²) < 4.78 is 5.11. The van der Waals surface area contributed by atoms with E-state index in [1.54, 1.807) is 0 Å². The Morgan fingerprint density at radius 1 is 1.24 bits per heavy atom. The van der Waals surface area contributed by atoms with Crippen molar-refractivity contribution in [2.45, 2.75) is 65.0 Å². The van der Waals surface area contributed by atoms with Crippen LogP contribution in [-0.4, -0.2) is 49.2 Å². The number of carbonyl (C=O) groups excluding carboxylic acids is 1. The third-order valence-electron chi connectivity index (χ3n) is 4.99. The standard InChI is InChI=1S/C17H32N2O2/c1-4-21-17(20)12-19-10-14(13(2)3)9-16(11-19)18-15-7-5-6-8-15/h13-16,18H,4-12H2,1-3H3. The van der Waals surface area contributed by atoms with Crippen LogP contribution in [0.5, 0.6) is 0 Å². The highest BCUT2D eigenvalue weighted by molar-refractivity contribution is 5.71. The van der Waals surface area contributed by atoms with E-state index in [0.717, 1.165) is 13.1 Å². The Bertz CT molecular complexity index is 325. The molecule has 2 aliphatic rings. The van der Waals surface area contributed by atoms with Crippen molar-refractivity contribution in [2.24, 2.45) is 11.8 Å². The number of ether oxygens (including phenoxy) is 1. The number of esters is 1. The molecule has 122 valence electrons. The number of carbonyl (C=O) groups is 1. The lowest BCUT2D eigenvalue weighted by atomic mass is 9.85. The first-order valence-corrected chi connectivity index (χ1v) is 8.72. The molecule has 21 heavy (non-hydrogen) atoms. The largest absolute Gasteiger partial charge is 0.465 e. The third kappa shape index (κ3) is 5.26. The van der Waals surface area contributed by atoms with E-state index in [9.17, 15) is 4.79 Å². The molecule has 2 unspecified atom stereocenters. The molecule has 0 aromatic carbocycles. The summed E-state index contributed by atoms with van der Waals surface area (Å²) in [6, 6.07) is 1.23. The predicted octanol–water partition coefficient (Wildman–Crippen LogP) is 2.43. The second-order valence-electron chi connectivity index (χ2n) is 7.08. The Hall–Kier alpha value is -0.610. The highest BCUT2D eigenvalue weighted by Gasteiger charge is 2.31. The molecule has 4 heteroatoms. The summed E-state index contributed by atoms with van der Waals surface area (Å²) in [6.45, 7) is 9.40. The molecule has 0 aromatic rings. The molecule has 1 aliphatic heterocycles. The zero-order valence-electron chi connectivity index (χ0n) is 13.9. The molecular weight excluding hydrogens is 264 g/mol. The summed E-state index contributed by atoms with van der Waals surface area (Å²) in [5.41, 5.74) is 0. The zero-order valence-corrected chi connectivity index (χ0v) is 13.9. The smallest absolute Gasteiger partial charge is 0.320 e. The highest BCUT2D eigenvalue weighted by atomic mass is 16.5. The summed E-state index contributed by atoms with van der Waals surface area (Å²) in [6.07, 6.45) is 6.62. The number of rotatable bonds is 6. The molecular formula is C17H32N2O2. The van der Waals surface area contributed by atoms with Crippen LogP contribution in [0.25, 0.3) is 0 Å². The van der Waals surface area contributed by atoms with E-state index in [4.69, 9.17) is 4.74 Å². The lowest BCUT2D eigenvalue weighted by Gasteiger charge is -2.40. The summed E-state index contributed by atoms with van der Waals surface area (Å²) in [5.74, 6) is 1.26. The lowest BCUT2D eigenvalue weighted by Crippen LogP contribution is -2.53. The summed E-state index contributed by atoms with van der Waals surface area (Å²) in [7, 11) is 0. The Kier molecular flexibility index (Phi) is 6.49. The van der Waals surface area contributed by atoms with Crippen LogP contribution >= 0.6 is 0 Å². The molecule has 1 N–H and O–H groups in total. The van der Waals surface area contributed by atoms with Crippen LogP contribution in [0, 0.1) is 11.8 Å². The van der Waals surface area contributed by atoms with E-state index in [2.05, 4.69) is 24.1 Å². The van der Waals surface area contributed by atoms with Gasteiger partial charge in [0.1, 0.15) is 0 Å². The van der Waals surface area contributed by atoms with Gasteiger partial charge < -0.3 is 10.1 Å². The van der Waals surface area contributed by atoms with Crippen LogP contribution in [0.1, 0.15) is 52.9 Å². The van der Waals surface area contributed by atoms with Gasteiger partial charge in [0.05, 0.1) is 13.2 Å². The van der Waals surface area contributed by atoms with Gasteiger partial charge in [-0.15, -0.1) is 0 Å². The molecule has 0 aromatic heterocycles. The number of hydrogen-bond acceptors (Lipinski definition) is 4.